The highest BCUT2D eigenvalue weighted by molar-refractivity contribution is 5.73. The molecule has 1 amide bonds. The van der Waals surface area contributed by atoms with Gasteiger partial charge in [-0.1, -0.05) is 30.3 Å². The van der Waals surface area contributed by atoms with Gasteiger partial charge in [-0.2, -0.15) is 0 Å². The van der Waals surface area contributed by atoms with E-state index in [9.17, 15) is 9.59 Å². The van der Waals surface area contributed by atoms with E-state index >= 15 is 0 Å². The number of amides is 1. The summed E-state index contributed by atoms with van der Waals surface area (Å²) in [6.07, 6.45) is 1.70. The number of benzene rings is 1. The van der Waals surface area contributed by atoms with Crippen LogP contribution in [0.1, 0.15) is 46.1 Å². The molecule has 1 heterocycles. The van der Waals surface area contributed by atoms with Crippen LogP contribution in [0, 0.1) is 0 Å². The fourth-order valence-corrected chi connectivity index (χ4v) is 3.16. The maximum absolute atomic E-state index is 12.2. The molecule has 0 radical (unpaired) electrons. The first-order valence-corrected chi connectivity index (χ1v) is 9.27. The van der Waals surface area contributed by atoms with Gasteiger partial charge in [0.05, 0.1) is 18.7 Å². The average molecular weight is 362 g/mol. The molecular formula is C20H30N2O4. The number of rotatable bonds is 7. The Hall–Kier alpha value is -1.92. The van der Waals surface area contributed by atoms with Crippen molar-refractivity contribution in [3.63, 3.8) is 0 Å². The van der Waals surface area contributed by atoms with Crippen molar-refractivity contribution < 1.29 is 19.2 Å². The second-order valence-electron chi connectivity index (χ2n) is 7.15. The maximum atomic E-state index is 12.2. The van der Waals surface area contributed by atoms with Crippen LogP contribution in [0.3, 0.4) is 0 Å². The van der Waals surface area contributed by atoms with E-state index < -0.39 is 0 Å². The molecule has 1 fully saturated rings. The SMILES string of the molecule is CC(=O)N(OC(C)C)C1CCC(C)N(CC(=O)OCc2ccccc2)C1. The summed E-state index contributed by atoms with van der Waals surface area (Å²) in [5.74, 6) is -0.356. The van der Waals surface area contributed by atoms with Crippen LogP contribution in [0.4, 0.5) is 0 Å². The lowest BCUT2D eigenvalue weighted by atomic mass is 9.99. The lowest BCUT2D eigenvalue weighted by molar-refractivity contribution is -0.220. The van der Waals surface area contributed by atoms with E-state index in [0.717, 1.165) is 18.4 Å². The summed E-state index contributed by atoms with van der Waals surface area (Å²) >= 11 is 0. The summed E-state index contributed by atoms with van der Waals surface area (Å²) in [5, 5.41) is 1.47. The van der Waals surface area contributed by atoms with Crippen LogP contribution in [-0.4, -0.2) is 53.1 Å². The first-order chi connectivity index (χ1) is 12.4. The van der Waals surface area contributed by atoms with E-state index in [1.165, 1.54) is 12.0 Å². The van der Waals surface area contributed by atoms with Crippen LogP contribution in [-0.2, 0) is 25.8 Å². The van der Waals surface area contributed by atoms with Gasteiger partial charge in [-0.25, -0.2) is 5.06 Å². The molecule has 0 aliphatic carbocycles. The van der Waals surface area contributed by atoms with Crippen LogP contribution < -0.4 is 0 Å². The molecular weight excluding hydrogens is 332 g/mol. The Kier molecular flexibility index (Phi) is 7.60. The summed E-state index contributed by atoms with van der Waals surface area (Å²) in [5.41, 5.74) is 0.971. The standard InChI is InChI=1S/C20H30N2O4/c1-15(2)26-22(17(4)23)19-11-10-16(3)21(12-19)13-20(24)25-14-18-8-6-5-7-9-18/h5-9,15-16,19H,10-14H2,1-4H3. The summed E-state index contributed by atoms with van der Waals surface area (Å²) in [6.45, 7) is 8.52. The van der Waals surface area contributed by atoms with Gasteiger partial charge in [0, 0.05) is 19.5 Å². The van der Waals surface area contributed by atoms with Crippen molar-refractivity contribution in [2.24, 2.45) is 0 Å². The Bertz CT molecular complexity index is 591. The molecule has 0 aromatic heterocycles. The fraction of sp³-hybridized carbons (Fsp3) is 0.600. The van der Waals surface area contributed by atoms with E-state index in [-0.39, 0.29) is 43.2 Å². The normalized spacial score (nSPS) is 20.8. The number of ether oxygens (including phenoxy) is 1. The fourth-order valence-electron chi connectivity index (χ4n) is 3.16. The van der Waals surface area contributed by atoms with Crippen molar-refractivity contribution in [3.8, 4) is 0 Å². The summed E-state index contributed by atoms with van der Waals surface area (Å²) in [6, 6.07) is 9.86. The van der Waals surface area contributed by atoms with Crippen molar-refractivity contribution >= 4 is 11.9 Å². The Labute approximate surface area is 156 Å². The Morgan fingerprint density at radius 2 is 1.92 bits per heavy atom. The quantitative estimate of drug-likeness (QED) is 0.551. The van der Waals surface area contributed by atoms with E-state index in [1.807, 2.05) is 44.2 Å². The van der Waals surface area contributed by atoms with E-state index in [2.05, 4.69) is 11.8 Å². The van der Waals surface area contributed by atoms with Gasteiger partial charge in [-0.05, 0) is 39.2 Å². The largest absolute Gasteiger partial charge is 0.460 e. The highest BCUT2D eigenvalue weighted by Crippen LogP contribution is 2.22. The van der Waals surface area contributed by atoms with Gasteiger partial charge in [-0.3, -0.25) is 19.3 Å². The molecule has 1 aliphatic rings. The van der Waals surface area contributed by atoms with Gasteiger partial charge in [0.1, 0.15) is 6.61 Å². The molecule has 0 saturated carbocycles. The molecule has 0 bridgehead atoms. The lowest BCUT2D eigenvalue weighted by Gasteiger charge is -2.41. The zero-order valence-electron chi connectivity index (χ0n) is 16.2. The zero-order chi connectivity index (χ0) is 19.1. The third kappa shape index (κ3) is 6.11. The molecule has 144 valence electrons. The molecule has 0 spiro atoms. The predicted molar refractivity (Wildman–Crippen MR) is 99.0 cm³/mol. The number of piperidine rings is 1. The molecule has 26 heavy (non-hydrogen) atoms. The van der Waals surface area contributed by atoms with Crippen molar-refractivity contribution in [1.82, 2.24) is 9.96 Å². The third-order valence-electron chi connectivity index (χ3n) is 4.53. The van der Waals surface area contributed by atoms with E-state index in [0.29, 0.717) is 6.54 Å². The highest BCUT2D eigenvalue weighted by Gasteiger charge is 2.33. The van der Waals surface area contributed by atoms with Crippen LogP contribution in [0.2, 0.25) is 0 Å². The van der Waals surface area contributed by atoms with Gasteiger partial charge in [-0.15, -0.1) is 0 Å². The number of likely N-dealkylation sites (tertiary alicyclic amines) is 1. The van der Waals surface area contributed by atoms with Crippen LogP contribution in [0.15, 0.2) is 30.3 Å². The van der Waals surface area contributed by atoms with Crippen molar-refractivity contribution in [2.75, 3.05) is 13.1 Å². The Balaban J connectivity index is 1.90. The second-order valence-corrected chi connectivity index (χ2v) is 7.15. The monoisotopic (exact) mass is 362 g/mol. The Morgan fingerprint density at radius 3 is 2.54 bits per heavy atom. The topological polar surface area (TPSA) is 59.1 Å². The van der Waals surface area contributed by atoms with Crippen LogP contribution in [0.5, 0.6) is 0 Å². The van der Waals surface area contributed by atoms with Gasteiger partial charge >= 0.3 is 5.97 Å². The molecule has 2 rings (SSSR count). The number of hydrogen-bond donors (Lipinski definition) is 0. The summed E-state index contributed by atoms with van der Waals surface area (Å²) in [7, 11) is 0. The van der Waals surface area contributed by atoms with Crippen molar-refractivity contribution in [1.29, 1.82) is 0 Å². The number of hydroxylamine groups is 2. The number of carbonyl (C=O) groups is 2. The zero-order valence-corrected chi connectivity index (χ0v) is 16.2. The van der Waals surface area contributed by atoms with Crippen molar-refractivity contribution in [2.45, 2.75) is 65.3 Å². The first kappa shape index (κ1) is 20.4. The Morgan fingerprint density at radius 1 is 1.23 bits per heavy atom. The van der Waals surface area contributed by atoms with Gasteiger partial charge < -0.3 is 4.74 Å². The number of hydrogen-bond acceptors (Lipinski definition) is 5. The summed E-state index contributed by atoms with van der Waals surface area (Å²) < 4.78 is 5.39. The van der Waals surface area contributed by atoms with Gasteiger partial charge in [0.25, 0.3) is 0 Å². The smallest absolute Gasteiger partial charge is 0.320 e. The van der Waals surface area contributed by atoms with Gasteiger partial charge in [0.15, 0.2) is 0 Å². The predicted octanol–water partition coefficient (Wildman–Crippen LogP) is 2.77. The second kappa shape index (κ2) is 9.69. The number of nitrogens with zero attached hydrogens (tertiary/aromatic N) is 2. The van der Waals surface area contributed by atoms with Crippen LogP contribution >= 0.6 is 0 Å². The maximum Gasteiger partial charge on any atom is 0.320 e. The number of carbonyl (C=O) groups excluding carboxylic acids is 2. The lowest BCUT2D eigenvalue weighted by Crippen LogP contribution is -2.54. The molecule has 6 nitrogen and oxygen atoms in total. The number of esters is 1. The third-order valence-corrected chi connectivity index (χ3v) is 4.53. The minimum atomic E-state index is -0.250. The molecule has 1 aliphatic heterocycles. The molecule has 1 saturated heterocycles. The van der Waals surface area contributed by atoms with E-state index in [1.54, 1.807) is 0 Å². The van der Waals surface area contributed by atoms with Crippen LogP contribution in [0.25, 0.3) is 0 Å². The molecule has 6 heteroatoms. The molecule has 2 unspecified atom stereocenters. The van der Waals surface area contributed by atoms with Crippen molar-refractivity contribution in [3.05, 3.63) is 35.9 Å². The first-order valence-electron chi connectivity index (χ1n) is 9.27. The minimum absolute atomic E-state index is 0.0481. The molecule has 2 atom stereocenters. The van der Waals surface area contributed by atoms with E-state index in [4.69, 9.17) is 9.57 Å². The minimum Gasteiger partial charge on any atom is -0.460 e. The average Bonchev–Trinajstić information content (AvgIpc) is 2.60. The highest BCUT2D eigenvalue weighted by atomic mass is 16.7. The molecule has 1 aromatic rings. The molecule has 1 aromatic carbocycles. The summed E-state index contributed by atoms with van der Waals surface area (Å²) in [4.78, 5) is 31.9. The molecule has 0 N–H and O–H groups in total. The van der Waals surface area contributed by atoms with Gasteiger partial charge in [0.2, 0.25) is 5.91 Å².